The highest BCUT2D eigenvalue weighted by molar-refractivity contribution is 7.99. The van der Waals surface area contributed by atoms with E-state index in [0.29, 0.717) is 35.2 Å². The second-order valence-electron chi connectivity index (χ2n) is 4.63. The second kappa shape index (κ2) is 6.05. The van der Waals surface area contributed by atoms with Crippen molar-refractivity contribution in [2.45, 2.75) is 29.9 Å². The largest absolute Gasteiger partial charge is 0.392 e. The van der Waals surface area contributed by atoms with Crippen molar-refractivity contribution >= 4 is 40.6 Å². The van der Waals surface area contributed by atoms with Crippen LogP contribution in [0.15, 0.2) is 29.2 Å². The van der Waals surface area contributed by atoms with Crippen molar-refractivity contribution in [1.82, 2.24) is 0 Å². The molecule has 1 saturated carbocycles. The van der Waals surface area contributed by atoms with E-state index in [0.717, 1.165) is 6.42 Å². The number of para-hydroxylation sites is 1. The van der Waals surface area contributed by atoms with Crippen LogP contribution in [0.5, 0.6) is 0 Å². The number of hydrogen-bond donors (Lipinski definition) is 2. The van der Waals surface area contributed by atoms with Crippen LogP contribution in [0.25, 0.3) is 0 Å². The van der Waals surface area contributed by atoms with Crippen LogP contribution in [0.1, 0.15) is 19.3 Å². The summed E-state index contributed by atoms with van der Waals surface area (Å²) < 4.78 is 25.0. The third-order valence-corrected chi connectivity index (χ3v) is 4.64. The molecule has 0 atom stereocenters. The molecule has 1 aromatic carbocycles. The third-order valence-electron chi connectivity index (χ3n) is 3.46. The van der Waals surface area contributed by atoms with Gasteiger partial charge >= 0.3 is 0 Å². The maximum absolute atomic E-state index is 12.5. The number of hydrogen-bond acceptors (Lipinski definition) is 3. The number of thioether (sulfide) groups is 1. The second-order valence-corrected chi connectivity index (χ2v) is 6.10. The van der Waals surface area contributed by atoms with Crippen LogP contribution in [0.2, 0.25) is 0 Å². The van der Waals surface area contributed by atoms with Crippen molar-refractivity contribution in [3.8, 4) is 0 Å². The number of amides is 1. The number of carbonyl (C=O) groups is 1. The molecular weight excluding hydrogens is 302 g/mol. The lowest BCUT2D eigenvalue weighted by atomic mass is 9.68. The molecule has 2 rings (SSSR count). The number of benzene rings is 1. The van der Waals surface area contributed by atoms with Crippen LogP contribution in [0.3, 0.4) is 0 Å². The van der Waals surface area contributed by atoms with Crippen molar-refractivity contribution in [2.24, 2.45) is 11.1 Å². The maximum atomic E-state index is 12.5. The molecule has 0 aromatic heterocycles. The van der Waals surface area contributed by atoms with Gasteiger partial charge in [0.2, 0.25) is 5.91 Å². The zero-order valence-corrected chi connectivity index (χ0v) is 12.2. The fraction of sp³-hybridized carbons (Fsp3) is 0.385. The van der Waals surface area contributed by atoms with E-state index in [1.165, 1.54) is 0 Å². The summed E-state index contributed by atoms with van der Waals surface area (Å²) in [6.07, 6.45) is 2.11. The van der Waals surface area contributed by atoms with Gasteiger partial charge < -0.3 is 11.1 Å². The minimum Gasteiger partial charge on any atom is -0.392 e. The van der Waals surface area contributed by atoms with E-state index in [4.69, 9.17) is 18.0 Å². The highest BCUT2D eigenvalue weighted by atomic mass is 32.2. The predicted octanol–water partition coefficient (Wildman–Crippen LogP) is 3.40. The zero-order chi connectivity index (χ0) is 14.8. The van der Waals surface area contributed by atoms with Crippen LogP contribution < -0.4 is 11.1 Å². The van der Waals surface area contributed by atoms with Gasteiger partial charge in [0, 0.05) is 4.90 Å². The minimum atomic E-state index is -2.54. The Labute approximate surface area is 125 Å². The summed E-state index contributed by atoms with van der Waals surface area (Å²) in [5.41, 5.74) is 5.20. The molecule has 0 saturated heterocycles. The molecule has 1 aromatic rings. The van der Waals surface area contributed by atoms with Gasteiger partial charge in [0.05, 0.1) is 16.1 Å². The first-order chi connectivity index (χ1) is 9.45. The number of rotatable bonds is 5. The molecule has 20 heavy (non-hydrogen) atoms. The van der Waals surface area contributed by atoms with Gasteiger partial charge in [0.25, 0.3) is 5.76 Å². The molecule has 1 fully saturated rings. The lowest BCUT2D eigenvalue weighted by Gasteiger charge is -2.39. The minimum absolute atomic E-state index is 0.167. The number of alkyl halides is 2. The van der Waals surface area contributed by atoms with E-state index in [1.807, 2.05) is 0 Å². The molecule has 3 N–H and O–H groups in total. The molecule has 0 heterocycles. The molecule has 0 spiro atoms. The topological polar surface area (TPSA) is 55.1 Å². The molecule has 0 bridgehead atoms. The maximum Gasteiger partial charge on any atom is 0.288 e. The van der Waals surface area contributed by atoms with Crippen LogP contribution in [0, 0.1) is 5.41 Å². The highest BCUT2D eigenvalue weighted by Gasteiger charge is 2.47. The first-order valence-electron chi connectivity index (χ1n) is 6.11. The summed E-state index contributed by atoms with van der Waals surface area (Å²) in [5, 5.41) is 2.68. The van der Waals surface area contributed by atoms with Crippen molar-refractivity contribution in [1.29, 1.82) is 0 Å². The van der Waals surface area contributed by atoms with Gasteiger partial charge in [-0.2, -0.15) is 8.78 Å². The normalized spacial score (nSPS) is 16.6. The summed E-state index contributed by atoms with van der Waals surface area (Å²) in [6, 6.07) is 6.46. The number of nitrogens with one attached hydrogen (secondary N) is 1. The Kier molecular flexibility index (Phi) is 4.59. The lowest BCUT2D eigenvalue weighted by molar-refractivity contribution is -0.125. The van der Waals surface area contributed by atoms with Crippen molar-refractivity contribution in [3.05, 3.63) is 24.3 Å². The Morgan fingerprint density at radius 1 is 1.40 bits per heavy atom. The molecular formula is C13H14F2N2OS2. The van der Waals surface area contributed by atoms with E-state index >= 15 is 0 Å². The summed E-state index contributed by atoms with van der Waals surface area (Å²) >= 11 is 5.37. The molecule has 108 valence electrons. The Morgan fingerprint density at radius 2 is 2.05 bits per heavy atom. The van der Waals surface area contributed by atoms with Crippen LogP contribution in [-0.4, -0.2) is 16.7 Å². The average molecular weight is 316 g/mol. The van der Waals surface area contributed by atoms with E-state index in [1.54, 1.807) is 24.3 Å². The fourth-order valence-corrected chi connectivity index (χ4v) is 3.02. The number of carbonyl (C=O) groups excluding carboxylic acids is 1. The summed E-state index contributed by atoms with van der Waals surface area (Å²) in [5.74, 6) is -2.85. The number of anilines is 1. The Hall–Kier alpha value is -1.21. The summed E-state index contributed by atoms with van der Waals surface area (Å²) in [6.45, 7) is 0. The number of nitrogens with two attached hydrogens (primary N) is 1. The quantitative estimate of drug-likeness (QED) is 0.646. The molecule has 1 aliphatic carbocycles. The van der Waals surface area contributed by atoms with E-state index in [2.05, 4.69) is 5.32 Å². The predicted molar refractivity (Wildman–Crippen MR) is 80.0 cm³/mol. The third kappa shape index (κ3) is 2.93. The molecule has 1 amide bonds. The van der Waals surface area contributed by atoms with E-state index in [-0.39, 0.29) is 10.9 Å². The molecule has 0 radical (unpaired) electrons. The first kappa shape index (κ1) is 15.2. The van der Waals surface area contributed by atoms with Gasteiger partial charge in [0.15, 0.2) is 0 Å². The van der Waals surface area contributed by atoms with E-state index < -0.39 is 11.2 Å². The average Bonchev–Trinajstić information content (AvgIpc) is 2.28. The Morgan fingerprint density at radius 3 is 2.55 bits per heavy atom. The standard InChI is InChI=1S/C13H14F2N2OS2/c14-12(15)20-9-5-2-1-4-8(9)17-11(18)13(10(16)19)6-3-7-13/h1-2,4-5,12H,3,6-7H2,(H2,16,19)(H,17,18). The van der Waals surface area contributed by atoms with Crippen LogP contribution >= 0.6 is 24.0 Å². The molecule has 0 unspecified atom stereocenters. The van der Waals surface area contributed by atoms with Gasteiger partial charge in [-0.05, 0) is 25.0 Å². The van der Waals surface area contributed by atoms with Crippen LogP contribution in [-0.2, 0) is 4.79 Å². The summed E-state index contributed by atoms with van der Waals surface area (Å²) in [4.78, 5) is 12.8. The lowest BCUT2D eigenvalue weighted by Crippen LogP contribution is -2.50. The van der Waals surface area contributed by atoms with Gasteiger partial charge in [0.1, 0.15) is 0 Å². The fourth-order valence-electron chi connectivity index (χ4n) is 2.13. The Balaban J connectivity index is 2.18. The molecule has 3 nitrogen and oxygen atoms in total. The van der Waals surface area contributed by atoms with Gasteiger partial charge in [-0.25, -0.2) is 0 Å². The molecule has 1 aliphatic rings. The summed E-state index contributed by atoms with van der Waals surface area (Å²) in [7, 11) is 0. The highest BCUT2D eigenvalue weighted by Crippen LogP contribution is 2.43. The monoisotopic (exact) mass is 316 g/mol. The molecule has 0 aliphatic heterocycles. The number of thiocarbonyl (C=S) groups is 1. The van der Waals surface area contributed by atoms with Gasteiger partial charge in [-0.3, -0.25) is 4.79 Å². The van der Waals surface area contributed by atoms with Crippen molar-refractivity contribution in [2.75, 3.05) is 5.32 Å². The van der Waals surface area contributed by atoms with Crippen molar-refractivity contribution in [3.63, 3.8) is 0 Å². The first-order valence-corrected chi connectivity index (χ1v) is 7.40. The van der Waals surface area contributed by atoms with Gasteiger partial charge in [-0.1, -0.05) is 42.5 Å². The smallest absolute Gasteiger partial charge is 0.288 e. The zero-order valence-electron chi connectivity index (χ0n) is 10.6. The Bertz CT molecular complexity index is 533. The SMILES string of the molecule is NC(=S)C1(C(=O)Nc2ccccc2SC(F)F)CCC1. The van der Waals surface area contributed by atoms with E-state index in [9.17, 15) is 13.6 Å². The number of halogens is 2. The van der Waals surface area contributed by atoms with Gasteiger partial charge in [-0.15, -0.1) is 0 Å². The van der Waals surface area contributed by atoms with Crippen molar-refractivity contribution < 1.29 is 13.6 Å². The van der Waals surface area contributed by atoms with Crippen LogP contribution in [0.4, 0.5) is 14.5 Å². The molecule has 7 heteroatoms.